The van der Waals surface area contributed by atoms with Crippen LogP contribution in [0.2, 0.25) is 0 Å². The van der Waals surface area contributed by atoms with Crippen molar-refractivity contribution >= 4 is 18.4 Å². The number of carbonyl (C=O) groups excluding carboxylic acids is 1. The first-order valence-electron chi connectivity index (χ1n) is 4.57. The van der Waals surface area contributed by atoms with Crippen LogP contribution in [-0.2, 0) is 6.42 Å². The lowest BCUT2D eigenvalue weighted by molar-refractivity contribution is 0.0991. The normalized spacial score (nSPS) is 10.2. The summed E-state index contributed by atoms with van der Waals surface area (Å²) in [4.78, 5) is 18.7. The van der Waals surface area contributed by atoms with Crippen LogP contribution < -0.4 is 0 Å². The van der Waals surface area contributed by atoms with Crippen molar-refractivity contribution in [2.75, 3.05) is 0 Å². The van der Waals surface area contributed by atoms with Gasteiger partial charge in [0.05, 0.1) is 17.6 Å². The second kappa shape index (κ2) is 4.31. The monoisotopic (exact) mass is 218 g/mol. The van der Waals surface area contributed by atoms with Crippen molar-refractivity contribution < 1.29 is 4.79 Å². The van der Waals surface area contributed by atoms with Crippen LogP contribution in [0.1, 0.15) is 16.2 Å². The van der Waals surface area contributed by atoms with Gasteiger partial charge in [-0.2, -0.15) is 0 Å². The van der Waals surface area contributed by atoms with E-state index < -0.39 is 0 Å². The van der Waals surface area contributed by atoms with Crippen LogP contribution >= 0.6 is 12.6 Å². The summed E-state index contributed by atoms with van der Waals surface area (Å²) in [5.74, 6) is 0.701. The molecule has 3 nitrogen and oxygen atoms in total. The van der Waals surface area contributed by atoms with Gasteiger partial charge < -0.3 is 4.98 Å². The number of hydrogen-bond donors (Lipinski definition) is 2. The summed E-state index contributed by atoms with van der Waals surface area (Å²) >= 11 is 4.09. The molecule has 0 unspecified atom stereocenters. The van der Waals surface area contributed by atoms with Crippen molar-refractivity contribution in [3.05, 3.63) is 47.9 Å². The summed E-state index contributed by atoms with van der Waals surface area (Å²) in [6.07, 6.45) is 1.88. The van der Waals surface area contributed by atoms with E-state index in [9.17, 15) is 4.79 Å². The number of imidazole rings is 1. The lowest BCUT2D eigenvalue weighted by Gasteiger charge is -1.97. The number of H-pyrrole nitrogens is 1. The van der Waals surface area contributed by atoms with Crippen molar-refractivity contribution in [3.8, 4) is 0 Å². The minimum Gasteiger partial charge on any atom is -0.337 e. The van der Waals surface area contributed by atoms with E-state index in [2.05, 4.69) is 22.6 Å². The van der Waals surface area contributed by atoms with E-state index in [0.29, 0.717) is 16.4 Å². The van der Waals surface area contributed by atoms with Crippen LogP contribution in [0.3, 0.4) is 0 Å². The van der Waals surface area contributed by atoms with E-state index in [0.717, 1.165) is 0 Å². The van der Waals surface area contributed by atoms with Crippen molar-refractivity contribution in [2.45, 2.75) is 11.4 Å². The van der Waals surface area contributed by atoms with Gasteiger partial charge in [-0.1, -0.05) is 30.3 Å². The Morgan fingerprint density at radius 3 is 2.67 bits per heavy atom. The Kier molecular flexibility index (Phi) is 2.87. The zero-order valence-corrected chi connectivity index (χ0v) is 8.87. The fraction of sp³-hybridized carbons (Fsp3) is 0.0909. The molecular formula is C11H10N2OS. The lowest BCUT2D eigenvalue weighted by atomic mass is 10.1. The molecular weight excluding hydrogens is 208 g/mol. The number of rotatable bonds is 3. The molecule has 0 spiro atoms. The van der Waals surface area contributed by atoms with Crippen molar-refractivity contribution in [1.82, 2.24) is 9.97 Å². The smallest absolute Gasteiger partial charge is 0.170 e. The molecule has 0 aliphatic carbocycles. The molecule has 0 aliphatic rings. The average molecular weight is 218 g/mol. The third-order valence-corrected chi connectivity index (χ3v) is 2.27. The highest BCUT2D eigenvalue weighted by Crippen LogP contribution is 2.06. The number of ketones is 1. The lowest BCUT2D eigenvalue weighted by Crippen LogP contribution is -2.04. The highest BCUT2D eigenvalue weighted by atomic mass is 32.1. The van der Waals surface area contributed by atoms with Gasteiger partial charge in [0.1, 0.15) is 5.82 Å². The Hall–Kier alpha value is -1.55. The largest absolute Gasteiger partial charge is 0.337 e. The molecule has 1 heterocycles. The van der Waals surface area contributed by atoms with E-state index in [1.807, 2.05) is 18.2 Å². The van der Waals surface area contributed by atoms with Crippen LogP contribution in [0.4, 0.5) is 0 Å². The third kappa shape index (κ3) is 2.47. The number of nitrogens with one attached hydrogen (secondary N) is 1. The minimum atomic E-state index is 0.0540. The molecule has 1 aromatic heterocycles. The molecule has 2 aromatic rings. The first-order chi connectivity index (χ1) is 7.25. The van der Waals surface area contributed by atoms with E-state index in [-0.39, 0.29) is 12.2 Å². The molecule has 0 bridgehead atoms. The van der Waals surface area contributed by atoms with Crippen molar-refractivity contribution in [1.29, 1.82) is 0 Å². The van der Waals surface area contributed by atoms with Crippen molar-refractivity contribution in [2.24, 2.45) is 0 Å². The Morgan fingerprint density at radius 1 is 1.33 bits per heavy atom. The number of carbonyl (C=O) groups is 1. The maximum Gasteiger partial charge on any atom is 0.170 e. The quantitative estimate of drug-likeness (QED) is 0.612. The number of hydrogen-bond acceptors (Lipinski definition) is 3. The van der Waals surface area contributed by atoms with Crippen LogP contribution in [0.25, 0.3) is 0 Å². The summed E-state index contributed by atoms with van der Waals surface area (Å²) in [5.41, 5.74) is 0.703. The summed E-state index contributed by atoms with van der Waals surface area (Å²) in [6.45, 7) is 0. The molecule has 4 heteroatoms. The van der Waals surface area contributed by atoms with Gasteiger partial charge in [-0.05, 0) is 0 Å². The molecule has 2 rings (SSSR count). The second-order valence-electron chi connectivity index (χ2n) is 3.18. The van der Waals surface area contributed by atoms with Gasteiger partial charge in [0.2, 0.25) is 0 Å². The predicted molar refractivity (Wildman–Crippen MR) is 60.3 cm³/mol. The highest BCUT2D eigenvalue weighted by molar-refractivity contribution is 7.80. The molecule has 76 valence electrons. The molecule has 0 fully saturated rings. The van der Waals surface area contributed by atoms with Gasteiger partial charge in [-0.25, -0.2) is 4.98 Å². The van der Waals surface area contributed by atoms with Crippen LogP contribution in [0.5, 0.6) is 0 Å². The van der Waals surface area contributed by atoms with Gasteiger partial charge in [-0.3, -0.25) is 4.79 Å². The number of benzene rings is 1. The number of aromatic amines is 1. The molecule has 15 heavy (non-hydrogen) atoms. The summed E-state index contributed by atoms with van der Waals surface area (Å²) < 4.78 is 0. The molecule has 1 aromatic carbocycles. The number of Topliss-reactive ketones (excluding diaryl/α,β-unsaturated/α-hetero) is 1. The van der Waals surface area contributed by atoms with Crippen LogP contribution in [-0.4, -0.2) is 15.8 Å². The molecule has 0 radical (unpaired) electrons. The summed E-state index contributed by atoms with van der Waals surface area (Å²) in [7, 11) is 0. The standard InChI is InChI=1S/C11H10N2OS/c14-9(8-4-2-1-3-5-8)6-10-12-7-11(15)13-10/h1-5,7,15H,6H2,(H,12,13). The first-order valence-corrected chi connectivity index (χ1v) is 5.01. The minimum absolute atomic E-state index is 0.0540. The number of nitrogens with zero attached hydrogens (tertiary/aromatic N) is 1. The summed E-state index contributed by atoms with van der Waals surface area (Å²) in [6, 6.07) is 9.17. The second-order valence-corrected chi connectivity index (χ2v) is 3.66. The Bertz CT molecular complexity index is 464. The Morgan fingerprint density at radius 2 is 2.07 bits per heavy atom. The zero-order chi connectivity index (χ0) is 10.7. The fourth-order valence-corrected chi connectivity index (χ4v) is 1.51. The van der Waals surface area contributed by atoms with Gasteiger partial charge in [0, 0.05) is 5.56 Å². The average Bonchev–Trinajstić information content (AvgIpc) is 2.65. The van der Waals surface area contributed by atoms with Crippen LogP contribution in [0.15, 0.2) is 41.6 Å². The SMILES string of the molecule is O=C(Cc1ncc(S)[nH]1)c1ccccc1. The predicted octanol–water partition coefficient (Wildman–Crippen LogP) is 2.12. The number of thiol groups is 1. The molecule has 0 aliphatic heterocycles. The molecule has 1 N–H and O–H groups in total. The molecule has 0 saturated carbocycles. The molecule has 0 saturated heterocycles. The zero-order valence-electron chi connectivity index (χ0n) is 7.97. The summed E-state index contributed by atoms with van der Waals surface area (Å²) in [5, 5.41) is 0.672. The number of aromatic nitrogens is 2. The maximum absolute atomic E-state index is 11.7. The van der Waals surface area contributed by atoms with E-state index in [1.165, 1.54) is 0 Å². The molecule has 0 amide bonds. The molecule has 0 atom stereocenters. The Balaban J connectivity index is 2.11. The maximum atomic E-state index is 11.7. The van der Waals surface area contributed by atoms with Gasteiger partial charge in [0.15, 0.2) is 5.78 Å². The van der Waals surface area contributed by atoms with Gasteiger partial charge in [0.25, 0.3) is 0 Å². The highest BCUT2D eigenvalue weighted by Gasteiger charge is 2.08. The van der Waals surface area contributed by atoms with Gasteiger partial charge in [-0.15, -0.1) is 12.6 Å². The van der Waals surface area contributed by atoms with E-state index >= 15 is 0 Å². The van der Waals surface area contributed by atoms with E-state index in [1.54, 1.807) is 18.3 Å². The topological polar surface area (TPSA) is 45.8 Å². The first kappa shape index (κ1) is 9.98. The van der Waals surface area contributed by atoms with Crippen molar-refractivity contribution in [3.63, 3.8) is 0 Å². The third-order valence-electron chi connectivity index (χ3n) is 2.04. The van der Waals surface area contributed by atoms with Gasteiger partial charge >= 0.3 is 0 Å². The fourth-order valence-electron chi connectivity index (χ4n) is 1.32. The Labute approximate surface area is 93.0 Å². The van der Waals surface area contributed by atoms with E-state index in [4.69, 9.17) is 0 Å². The van der Waals surface area contributed by atoms with Crippen LogP contribution in [0, 0.1) is 0 Å².